The molecule has 0 unspecified atom stereocenters. The third kappa shape index (κ3) is 6.08. The van der Waals surface area contributed by atoms with Crippen LogP contribution in [-0.4, -0.2) is 25.1 Å². The largest absolute Gasteiger partial charge is 0.482 e. The number of amides is 1. The van der Waals surface area contributed by atoms with Gasteiger partial charge in [0, 0.05) is 5.02 Å². The van der Waals surface area contributed by atoms with Crippen LogP contribution in [-0.2, 0) is 14.3 Å². The normalized spacial score (nSPS) is 11.5. The summed E-state index contributed by atoms with van der Waals surface area (Å²) in [5, 5.41) is 3.31. The molecule has 0 aliphatic rings. The second kappa shape index (κ2) is 9.25. The summed E-state index contributed by atoms with van der Waals surface area (Å²) >= 11 is 6.10. The molecule has 0 heterocycles. The predicted octanol–water partition coefficient (Wildman–Crippen LogP) is 3.76. The number of hydrogen-bond acceptors (Lipinski definition) is 4. The molecule has 6 heteroatoms. The number of aryl methyl sites for hydroxylation is 2. The monoisotopic (exact) mass is 375 g/mol. The van der Waals surface area contributed by atoms with Crippen molar-refractivity contribution in [3.8, 4) is 5.75 Å². The van der Waals surface area contributed by atoms with E-state index in [1.54, 1.807) is 6.07 Å². The van der Waals surface area contributed by atoms with E-state index in [1.807, 2.05) is 57.2 Å². The summed E-state index contributed by atoms with van der Waals surface area (Å²) in [5.41, 5.74) is 2.88. The Morgan fingerprint density at radius 2 is 1.73 bits per heavy atom. The summed E-state index contributed by atoms with van der Waals surface area (Å²) < 4.78 is 10.3. The van der Waals surface area contributed by atoms with Gasteiger partial charge in [-0.3, -0.25) is 4.79 Å². The average Bonchev–Trinajstić information content (AvgIpc) is 2.57. The average molecular weight is 376 g/mol. The van der Waals surface area contributed by atoms with E-state index in [0.717, 1.165) is 16.7 Å². The highest BCUT2D eigenvalue weighted by molar-refractivity contribution is 6.31. The van der Waals surface area contributed by atoms with Gasteiger partial charge in [-0.05, 0) is 55.7 Å². The van der Waals surface area contributed by atoms with Crippen molar-refractivity contribution in [2.45, 2.75) is 26.8 Å². The second-order valence-electron chi connectivity index (χ2n) is 6.08. The van der Waals surface area contributed by atoms with E-state index in [2.05, 4.69) is 5.32 Å². The summed E-state index contributed by atoms with van der Waals surface area (Å²) in [6.45, 7) is 5.08. The van der Waals surface area contributed by atoms with Crippen LogP contribution in [0.1, 0.15) is 29.7 Å². The van der Waals surface area contributed by atoms with Crippen molar-refractivity contribution in [3.63, 3.8) is 0 Å². The fraction of sp³-hybridized carbons (Fsp3) is 0.300. The van der Waals surface area contributed by atoms with Crippen molar-refractivity contribution >= 4 is 23.5 Å². The first kappa shape index (κ1) is 19.8. The molecule has 0 aliphatic heterocycles. The van der Waals surface area contributed by atoms with Gasteiger partial charge in [0.05, 0.1) is 6.04 Å². The molecule has 0 fully saturated rings. The molecular formula is C20H22ClNO4. The maximum Gasteiger partial charge on any atom is 0.344 e. The van der Waals surface area contributed by atoms with E-state index in [-0.39, 0.29) is 19.3 Å². The Hall–Kier alpha value is -2.53. The van der Waals surface area contributed by atoms with Gasteiger partial charge in [-0.25, -0.2) is 4.79 Å². The highest BCUT2D eigenvalue weighted by Gasteiger charge is 2.14. The van der Waals surface area contributed by atoms with Crippen LogP contribution >= 0.6 is 11.6 Å². The lowest BCUT2D eigenvalue weighted by Crippen LogP contribution is -2.32. The molecule has 2 aromatic rings. The second-order valence-corrected chi connectivity index (χ2v) is 6.49. The first-order chi connectivity index (χ1) is 12.3. The van der Waals surface area contributed by atoms with Crippen LogP contribution in [0, 0.1) is 13.8 Å². The zero-order valence-electron chi connectivity index (χ0n) is 15.0. The molecule has 2 rings (SSSR count). The van der Waals surface area contributed by atoms with Crippen LogP contribution in [0.25, 0.3) is 0 Å². The standard InChI is InChI=1S/C20H22ClNO4/c1-13-8-14(2)10-16(9-13)25-12-20(24)26-11-19(23)22-15(3)17-6-4-5-7-18(17)21/h4-10,15H,11-12H2,1-3H3,(H,22,23)/t15-/m1/s1. The number of nitrogens with one attached hydrogen (secondary N) is 1. The number of rotatable bonds is 7. The van der Waals surface area contributed by atoms with Gasteiger partial charge >= 0.3 is 5.97 Å². The minimum absolute atomic E-state index is 0.254. The molecule has 26 heavy (non-hydrogen) atoms. The lowest BCUT2D eigenvalue weighted by molar-refractivity contribution is -0.150. The fourth-order valence-corrected chi connectivity index (χ4v) is 2.83. The van der Waals surface area contributed by atoms with Crippen molar-refractivity contribution in [2.24, 2.45) is 0 Å². The van der Waals surface area contributed by atoms with Crippen LogP contribution in [0.3, 0.4) is 0 Å². The summed E-state index contributed by atoms with van der Waals surface area (Å²) in [5.74, 6) is -0.418. The Kier molecular flexibility index (Phi) is 7.04. The molecule has 2 aromatic carbocycles. The first-order valence-electron chi connectivity index (χ1n) is 8.25. The molecule has 1 amide bonds. The molecule has 0 spiro atoms. The van der Waals surface area contributed by atoms with Crippen molar-refractivity contribution < 1.29 is 19.1 Å². The molecule has 0 saturated heterocycles. The molecule has 0 aromatic heterocycles. The lowest BCUT2D eigenvalue weighted by atomic mass is 10.1. The summed E-state index contributed by atoms with van der Waals surface area (Å²) in [6.07, 6.45) is 0. The highest BCUT2D eigenvalue weighted by atomic mass is 35.5. The van der Waals surface area contributed by atoms with Gasteiger partial charge in [-0.15, -0.1) is 0 Å². The first-order valence-corrected chi connectivity index (χ1v) is 8.63. The molecule has 0 bridgehead atoms. The van der Waals surface area contributed by atoms with Crippen LogP contribution < -0.4 is 10.1 Å². The maximum atomic E-state index is 11.9. The van der Waals surface area contributed by atoms with Crippen LogP contribution in [0.2, 0.25) is 5.02 Å². The number of benzene rings is 2. The van der Waals surface area contributed by atoms with E-state index in [0.29, 0.717) is 10.8 Å². The van der Waals surface area contributed by atoms with E-state index in [9.17, 15) is 9.59 Å². The number of hydrogen-bond donors (Lipinski definition) is 1. The number of halogens is 1. The smallest absolute Gasteiger partial charge is 0.344 e. The quantitative estimate of drug-likeness (QED) is 0.748. The molecule has 5 nitrogen and oxygen atoms in total. The molecule has 1 N–H and O–H groups in total. The summed E-state index contributed by atoms with van der Waals surface area (Å²) in [6, 6.07) is 12.6. The zero-order valence-corrected chi connectivity index (χ0v) is 15.8. The Labute approximate surface area is 158 Å². The zero-order chi connectivity index (χ0) is 19.1. The summed E-state index contributed by atoms with van der Waals surface area (Å²) in [7, 11) is 0. The molecule has 0 radical (unpaired) electrons. The van der Waals surface area contributed by atoms with Gasteiger partial charge in [0.25, 0.3) is 5.91 Å². The molecule has 0 aliphatic carbocycles. The SMILES string of the molecule is Cc1cc(C)cc(OCC(=O)OCC(=O)N[C@H](C)c2ccccc2Cl)c1. The van der Waals surface area contributed by atoms with Gasteiger partial charge in [0.1, 0.15) is 5.75 Å². The number of carbonyl (C=O) groups excluding carboxylic acids is 2. The topological polar surface area (TPSA) is 64.6 Å². The van der Waals surface area contributed by atoms with Crippen molar-refractivity contribution in [3.05, 3.63) is 64.2 Å². The molecule has 0 saturated carbocycles. The van der Waals surface area contributed by atoms with E-state index in [4.69, 9.17) is 21.1 Å². The van der Waals surface area contributed by atoms with Gasteiger partial charge in [0.2, 0.25) is 0 Å². The summed E-state index contributed by atoms with van der Waals surface area (Å²) in [4.78, 5) is 23.7. The Morgan fingerprint density at radius 3 is 2.38 bits per heavy atom. The minimum Gasteiger partial charge on any atom is -0.482 e. The van der Waals surface area contributed by atoms with Crippen LogP contribution in [0.15, 0.2) is 42.5 Å². The van der Waals surface area contributed by atoms with Crippen LogP contribution in [0.4, 0.5) is 0 Å². The number of ether oxygens (including phenoxy) is 2. The van der Waals surface area contributed by atoms with Crippen LogP contribution in [0.5, 0.6) is 5.75 Å². The fourth-order valence-electron chi connectivity index (χ4n) is 2.53. The Morgan fingerprint density at radius 1 is 1.08 bits per heavy atom. The number of carbonyl (C=O) groups is 2. The van der Waals surface area contributed by atoms with Gasteiger partial charge < -0.3 is 14.8 Å². The van der Waals surface area contributed by atoms with Gasteiger partial charge in [-0.2, -0.15) is 0 Å². The van der Waals surface area contributed by atoms with E-state index < -0.39 is 11.9 Å². The van der Waals surface area contributed by atoms with E-state index in [1.165, 1.54) is 0 Å². The predicted molar refractivity (Wildman–Crippen MR) is 100 cm³/mol. The third-order valence-electron chi connectivity index (χ3n) is 3.67. The van der Waals surface area contributed by atoms with Crippen molar-refractivity contribution in [1.29, 1.82) is 0 Å². The Bertz CT molecular complexity index is 771. The third-order valence-corrected chi connectivity index (χ3v) is 4.01. The highest BCUT2D eigenvalue weighted by Crippen LogP contribution is 2.22. The molecule has 1 atom stereocenters. The van der Waals surface area contributed by atoms with Gasteiger partial charge in [-0.1, -0.05) is 35.9 Å². The number of esters is 1. The minimum atomic E-state index is -0.607. The van der Waals surface area contributed by atoms with E-state index >= 15 is 0 Å². The van der Waals surface area contributed by atoms with Crippen molar-refractivity contribution in [2.75, 3.05) is 13.2 Å². The van der Waals surface area contributed by atoms with Gasteiger partial charge in [0.15, 0.2) is 13.2 Å². The Balaban J connectivity index is 1.76. The maximum absolute atomic E-state index is 11.9. The molecule has 138 valence electrons. The lowest BCUT2D eigenvalue weighted by Gasteiger charge is -2.15. The van der Waals surface area contributed by atoms with Crippen molar-refractivity contribution in [1.82, 2.24) is 5.32 Å². The molecular weight excluding hydrogens is 354 g/mol.